The van der Waals surface area contributed by atoms with Gasteiger partial charge in [0, 0.05) is 18.1 Å². The van der Waals surface area contributed by atoms with Crippen molar-refractivity contribution in [2.45, 2.75) is 18.9 Å². The Morgan fingerprint density at radius 3 is 1.82 bits per heavy atom. The second-order valence-corrected chi connectivity index (χ2v) is 7.04. The van der Waals surface area contributed by atoms with Gasteiger partial charge in [0.2, 0.25) is 0 Å². The summed E-state index contributed by atoms with van der Waals surface area (Å²) in [5.41, 5.74) is 6.37. The van der Waals surface area contributed by atoms with Crippen molar-refractivity contribution < 1.29 is 0 Å². The average molecular weight is 364 g/mol. The molecule has 1 heterocycles. The Bertz CT molecular complexity index is 928. The van der Waals surface area contributed by atoms with E-state index in [-0.39, 0.29) is 6.04 Å². The van der Waals surface area contributed by atoms with E-state index in [4.69, 9.17) is 5.41 Å². The number of allylic oxidation sites excluding steroid dienone is 2. The summed E-state index contributed by atoms with van der Waals surface area (Å²) in [7, 11) is 0. The van der Waals surface area contributed by atoms with E-state index in [9.17, 15) is 0 Å². The quantitative estimate of drug-likeness (QED) is 0.552. The zero-order valence-electron chi connectivity index (χ0n) is 15.8. The Balaban J connectivity index is 1.79. The fraction of sp³-hybridized carbons (Fsp3) is 0.115. The van der Waals surface area contributed by atoms with Crippen LogP contribution in [0.2, 0.25) is 0 Å². The Hall–Kier alpha value is -3.39. The summed E-state index contributed by atoms with van der Waals surface area (Å²) in [5, 5.41) is 7.91. The highest BCUT2D eigenvalue weighted by Gasteiger charge is 2.20. The van der Waals surface area contributed by atoms with E-state index in [0.29, 0.717) is 0 Å². The first kappa shape index (κ1) is 18.0. The lowest BCUT2D eigenvalue weighted by molar-refractivity contribution is 0.942. The van der Waals surface area contributed by atoms with Crippen LogP contribution in [0.4, 0.5) is 5.69 Å². The predicted octanol–water partition coefficient (Wildman–Crippen LogP) is 5.78. The van der Waals surface area contributed by atoms with Crippen molar-refractivity contribution in [1.29, 1.82) is 5.41 Å². The lowest BCUT2D eigenvalue weighted by Crippen LogP contribution is -2.33. The SMILES string of the molecule is N=CC1C=CC=CN1c1c(Cc2ccccc2)cccc1Cc1ccccc1. The number of benzene rings is 3. The molecule has 1 aliphatic heterocycles. The largest absolute Gasteiger partial charge is 0.336 e. The molecule has 0 fully saturated rings. The van der Waals surface area contributed by atoms with Gasteiger partial charge in [0.05, 0.1) is 6.04 Å². The topological polar surface area (TPSA) is 27.1 Å². The standard InChI is InChI=1S/C26H24N2/c27-20-25-16-7-8-17-28(25)26-23(18-21-10-3-1-4-11-21)14-9-15-24(26)19-22-12-5-2-6-13-22/h1-17,20,25,27H,18-19H2. The summed E-state index contributed by atoms with van der Waals surface area (Å²) in [5.74, 6) is 0. The van der Waals surface area contributed by atoms with E-state index in [2.05, 4.69) is 96.0 Å². The molecule has 0 spiro atoms. The third kappa shape index (κ3) is 3.96. The third-order valence-electron chi connectivity index (χ3n) is 5.09. The van der Waals surface area contributed by atoms with E-state index in [1.165, 1.54) is 34.2 Å². The van der Waals surface area contributed by atoms with Crippen molar-refractivity contribution in [3.63, 3.8) is 0 Å². The first-order chi connectivity index (χ1) is 13.8. The van der Waals surface area contributed by atoms with Crippen LogP contribution in [-0.4, -0.2) is 12.3 Å². The van der Waals surface area contributed by atoms with Gasteiger partial charge in [-0.25, -0.2) is 0 Å². The number of rotatable bonds is 6. The van der Waals surface area contributed by atoms with Crippen LogP contribution >= 0.6 is 0 Å². The molecule has 28 heavy (non-hydrogen) atoms. The number of nitrogens with one attached hydrogen (secondary N) is 1. The molecule has 0 saturated heterocycles. The summed E-state index contributed by atoms with van der Waals surface area (Å²) >= 11 is 0. The van der Waals surface area contributed by atoms with E-state index < -0.39 is 0 Å². The van der Waals surface area contributed by atoms with Crippen molar-refractivity contribution in [3.05, 3.63) is 126 Å². The van der Waals surface area contributed by atoms with E-state index in [0.717, 1.165) is 12.8 Å². The van der Waals surface area contributed by atoms with Crippen molar-refractivity contribution in [3.8, 4) is 0 Å². The van der Waals surface area contributed by atoms with E-state index >= 15 is 0 Å². The highest BCUT2D eigenvalue weighted by atomic mass is 15.2. The van der Waals surface area contributed by atoms with Crippen LogP contribution in [0.5, 0.6) is 0 Å². The van der Waals surface area contributed by atoms with Crippen LogP contribution in [0.15, 0.2) is 103 Å². The summed E-state index contributed by atoms with van der Waals surface area (Å²) in [6.07, 6.45) is 11.5. The molecule has 0 aliphatic carbocycles. The molecule has 0 bridgehead atoms. The first-order valence-electron chi connectivity index (χ1n) is 9.67. The van der Waals surface area contributed by atoms with Crippen molar-refractivity contribution in [2.24, 2.45) is 0 Å². The number of hydrogen-bond donors (Lipinski definition) is 1. The van der Waals surface area contributed by atoms with Gasteiger partial charge in [0.1, 0.15) is 0 Å². The number of para-hydroxylation sites is 1. The van der Waals surface area contributed by atoms with E-state index in [1.54, 1.807) is 0 Å². The maximum absolute atomic E-state index is 7.91. The Morgan fingerprint density at radius 1 is 0.714 bits per heavy atom. The molecule has 138 valence electrons. The zero-order chi connectivity index (χ0) is 19.2. The summed E-state index contributed by atoms with van der Waals surface area (Å²) < 4.78 is 0. The molecule has 0 saturated carbocycles. The van der Waals surface area contributed by atoms with Crippen LogP contribution < -0.4 is 4.90 Å². The highest BCUT2D eigenvalue weighted by molar-refractivity contribution is 5.76. The molecule has 3 aromatic rings. The van der Waals surface area contributed by atoms with Gasteiger partial charge in [-0.3, -0.25) is 0 Å². The number of nitrogens with zero attached hydrogens (tertiary/aromatic N) is 1. The second kappa shape index (κ2) is 8.53. The lowest BCUT2D eigenvalue weighted by Gasteiger charge is -2.32. The van der Waals surface area contributed by atoms with Gasteiger partial charge >= 0.3 is 0 Å². The van der Waals surface area contributed by atoms with Crippen LogP contribution in [-0.2, 0) is 12.8 Å². The molecule has 0 radical (unpaired) electrons. The van der Waals surface area contributed by atoms with Gasteiger partial charge in [-0.1, -0.05) is 91.0 Å². The highest BCUT2D eigenvalue weighted by Crippen LogP contribution is 2.32. The number of anilines is 1. The van der Waals surface area contributed by atoms with Gasteiger partial charge < -0.3 is 10.3 Å². The molecule has 2 nitrogen and oxygen atoms in total. The van der Waals surface area contributed by atoms with Gasteiger partial charge in [-0.2, -0.15) is 0 Å². The van der Waals surface area contributed by atoms with Gasteiger partial charge in [-0.15, -0.1) is 0 Å². The molecular formula is C26H24N2. The Kier molecular flexibility index (Phi) is 5.48. The third-order valence-corrected chi connectivity index (χ3v) is 5.09. The smallest absolute Gasteiger partial charge is 0.0867 e. The maximum atomic E-state index is 7.91. The second-order valence-electron chi connectivity index (χ2n) is 7.04. The molecular weight excluding hydrogens is 340 g/mol. The maximum Gasteiger partial charge on any atom is 0.0867 e. The predicted molar refractivity (Wildman–Crippen MR) is 118 cm³/mol. The molecule has 1 N–H and O–H groups in total. The lowest BCUT2D eigenvalue weighted by atomic mass is 9.94. The van der Waals surface area contributed by atoms with Crippen LogP contribution in [0.25, 0.3) is 0 Å². The average Bonchev–Trinajstić information content (AvgIpc) is 2.75. The Labute approximate surface area is 167 Å². The van der Waals surface area contributed by atoms with Crippen molar-refractivity contribution in [2.75, 3.05) is 4.90 Å². The zero-order valence-corrected chi connectivity index (χ0v) is 15.8. The van der Waals surface area contributed by atoms with Gasteiger partial charge in [0.25, 0.3) is 0 Å². The summed E-state index contributed by atoms with van der Waals surface area (Å²) in [6.45, 7) is 0. The minimum atomic E-state index is -0.0588. The number of hydrogen-bond acceptors (Lipinski definition) is 2. The molecule has 1 aliphatic rings. The molecule has 0 aromatic heterocycles. The molecule has 4 rings (SSSR count). The van der Waals surface area contributed by atoms with Crippen LogP contribution in [0, 0.1) is 5.41 Å². The summed E-state index contributed by atoms with van der Waals surface area (Å²) in [4.78, 5) is 2.23. The molecule has 0 amide bonds. The van der Waals surface area contributed by atoms with E-state index in [1.807, 2.05) is 12.2 Å². The van der Waals surface area contributed by atoms with Crippen LogP contribution in [0.3, 0.4) is 0 Å². The monoisotopic (exact) mass is 364 g/mol. The van der Waals surface area contributed by atoms with Gasteiger partial charge in [-0.05, 0) is 41.2 Å². The first-order valence-corrected chi connectivity index (χ1v) is 9.67. The fourth-order valence-corrected chi connectivity index (χ4v) is 3.76. The molecule has 2 heteroatoms. The Morgan fingerprint density at radius 2 is 1.29 bits per heavy atom. The summed E-state index contributed by atoms with van der Waals surface area (Å²) in [6, 6.07) is 27.7. The normalized spacial score (nSPS) is 15.6. The minimum absolute atomic E-state index is 0.0588. The van der Waals surface area contributed by atoms with Crippen molar-refractivity contribution >= 4 is 11.9 Å². The fourth-order valence-electron chi connectivity index (χ4n) is 3.76. The molecule has 1 atom stereocenters. The molecule has 1 unspecified atom stereocenters. The van der Waals surface area contributed by atoms with Crippen LogP contribution in [0.1, 0.15) is 22.3 Å². The molecule has 3 aromatic carbocycles. The van der Waals surface area contributed by atoms with Gasteiger partial charge in [0.15, 0.2) is 0 Å². The minimum Gasteiger partial charge on any atom is -0.336 e. The van der Waals surface area contributed by atoms with Crippen molar-refractivity contribution in [1.82, 2.24) is 0 Å².